The third-order valence-corrected chi connectivity index (χ3v) is 6.41. The van der Waals surface area contributed by atoms with Crippen LogP contribution in [0, 0.1) is 17.3 Å². The minimum atomic E-state index is -0.949. The zero-order chi connectivity index (χ0) is 17.1. The Kier molecular flexibility index (Phi) is 3.73. The highest BCUT2D eigenvalue weighted by atomic mass is 79.9. The number of halogens is 1. The van der Waals surface area contributed by atoms with Gasteiger partial charge < -0.3 is 14.7 Å². The molecule has 1 saturated heterocycles. The van der Waals surface area contributed by atoms with Crippen molar-refractivity contribution in [3.8, 4) is 0 Å². The van der Waals surface area contributed by atoms with Crippen LogP contribution in [-0.2, 0) is 20.7 Å². The predicted octanol–water partition coefficient (Wildman–Crippen LogP) is 2.28. The summed E-state index contributed by atoms with van der Waals surface area (Å²) in [7, 11) is 1.51. The topological polar surface area (TPSA) is 66.8 Å². The lowest BCUT2D eigenvalue weighted by Crippen LogP contribution is -2.40. The molecule has 128 valence electrons. The lowest BCUT2D eigenvalue weighted by atomic mass is 9.88. The van der Waals surface area contributed by atoms with E-state index in [1.807, 2.05) is 6.07 Å². The van der Waals surface area contributed by atoms with Gasteiger partial charge in [-0.1, -0.05) is 22.0 Å². The van der Waals surface area contributed by atoms with Crippen LogP contribution in [-0.4, -0.2) is 48.7 Å². The lowest BCUT2D eigenvalue weighted by Gasteiger charge is -2.24. The van der Waals surface area contributed by atoms with E-state index in [2.05, 4.69) is 28.1 Å². The van der Waals surface area contributed by atoms with E-state index in [0.717, 1.165) is 10.9 Å². The summed E-state index contributed by atoms with van der Waals surface area (Å²) in [5, 5.41) is 9.55. The van der Waals surface area contributed by atoms with Crippen molar-refractivity contribution in [1.29, 1.82) is 0 Å². The second-order valence-corrected chi connectivity index (χ2v) is 8.21. The van der Waals surface area contributed by atoms with Crippen LogP contribution in [0.1, 0.15) is 23.5 Å². The van der Waals surface area contributed by atoms with E-state index in [4.69, 9.17) is 4.74 Å². The number of carbonyl (C=O) groups is 2. The quantitative estimate of drug-likeness (QED) is 0.851. The Morgan fingerprint density at radius 3 is 2.96 bits per heavy atom. The Bertz CT molecular complexity index is 721. The number of carboxylic acid groups (broad SMARTS) is 1. The SMILES string of the molecule is COCC1(C(=O)O)CCN(C(=O)C2C3Cc4ccc(Br)cc4C32)C1. The van der Waals surface area contributed by atoms with E-state index in [1.54, 1.807) is 4.90 Å². The number of carbonyl (C=O) groups excluding carboxylic acids is 1. The van der Waals surface area contributed by atoms with Crippen molar-refractivity contribution in [2.75, 3.05) is 26.8 Å². The average molecular weight is 394 g/mol. The summed E-state index contributed by atoms with van der Waals surface area (Å²) in [5.41, 5.74) is 1.68. The van der Waals surface area contributed by atoms with Gasteiger partial charge in [0.05, 0.1) is 6.61 Å². The third-order valence-electron chi connectivity index (χ3n) is 5.92. The van der Waals surface area contributed by atoms with E-state index in [9.17, 15) is 14.7 Å². The molecule has 1 aromatic rings. The van der Waals surface area contributed by atoms with Crippen molar-refractivity contribution in [3.63, 3.8) is 0 Å². The predicted molar refractivity (Wildman–Crippen MR) is 90.7 cm³/mol. The number of benzene rings is 1. The fourth-order valence-electron chi connectivity index (χ4n) is 4.61. The largest absolute Gasteiger partial charge is 0.481 e. The van der Waals surface area contributed by atoms with Crippen LogP contribution in [0.15, 0.2) is 22.7 Å². The smallest absolute Gasteiger partial charge is 0.313 e. The highest BCUT2D eigenvalue weighted by Crippen LogP contribution is 2.62. The summed E-state index contributed by atoms with van der Waals surface area (Å²) in [4.78, 5) is 26.3. The van der Waals surface area contributed by atoms with Gasteiger partial charge in [-0.25, -0.2) is 0 Å². The van der Waals surface area contributed by atoms with Gasteiger partial charge in [0.15, 0.2) is 0 Å². The summed E-state index contributed by atoms with van der Waals surface area (Å²) >= 11 is 3.51. The van der Waals surface area contributed by atoms with Gasteiger partial charge in [-0.2, -0.15) is 0 Å². The van der Waals surface area contributed by atoms with Gasteiger partial charge in [-0.05, 0) is 47.9 Å². The van der Waals surface area contributed by atoms with Gasteiger partial charge in [0.1, 0.15) is 5.41 Å². The second kappa shape index (κ2) is 5.56. The van der Waals surface area contributed by atoms with Crippen molar-refractivity contribution in [3.05, 3.63) is 33.8 Å². The van der Waals surface area contributed by atoms with Crippen LogP contribution in [0.2, 0.25) is 0 Å². The van der Waals surface area contributed by atoms with Gasteiger partial charge in [0.2, 0.25) is 5.91 Å². The van der Waals surface area contributed by atoms with Gasteiger partial charge in [-0.3, -0.25) is 9.59 Å². The molecule has 0 radical (unpaired) electrons. The van der Waals surface area contributed by atoms with E-state index < -0.39 is 11.4 Å². The Morgan fingerprint density at radius 1 is 1.46 bits per heavy atom. The molecule has 1 amide bonds. The Balaban J connectivity index is 1.49. The summed E-state index contributed by atoms with van der Waals surface area (Å²) in [6, 6.07) is 6.31. The molecule has 1 aromatic carbocycles. The first-order valence-corrected chi connectivity index (χ1v) is 9.05. The minimum Gasteiger partial charge on any atom is -0.481 e. The molecule has 1 N–H and O–H groups in total. The monoisotopic (exact) mass is 393 g/mol. The van der Waals surface area contributed by atoms with Gasteiger partial charge in [0.25, 0.3) is 0 Å². The molecular formula is C18H20BrNO4. The number of likely N-dealkylation sites (tertiary alicyclic amines) is 1. The van der Waals surface area contributed by atoms with Crippen molar-refractivity contribution < 1.29 is 19.4 Å². The van der Waals surface area contributed by atoms with Crippen molar-refractivity contribution >= 4 is 27.8 Å². The zero-order valence-electron chi connectivity index (χ0n) is 13.5. The fourth-order valence-corrected chi connectivity index (χ4v) is 4.99. The molecule has 2 aliphatic carbocycles. The van der Waals surface area contributed by atoms with E-state index >= 15 is 0 Å². The third kappa shape index (κ3) is 2.30. The van der Waals surface area contributed by atoms with Crippen molar-refractivity contribution in [2.24, 2.45) is 17.3 Å². The molecule has 6 heteroatoms. The Labute approximate surface area is 149 Å². The molecule has 4 rings (SSSR count). The summed E-state index contributed by atoms with van der Waals surface area (Å²) in [5.74, 6) is -0.0185. The molecule has 1 aliphatic heterocycles. The van der Waals surface area contributed by atoms with E-state index in [0.29, 0.717) is 24.8 Å². The van der Waals surface area contributed by atoms with Crippen LogP contribution in [0.5, 0.6) is 0 Å². The number of rotatable bonds is 4. The normalized spacial score (nSPS) is 33.2. The van der Waals surface area contributed by atoms with Crippen LogP contribution in [0.25, 0.3) is 0 Å². The Hall–Kier alpha value is -1.40. The molecule has 0 bridgehead atoms. The van der Waals surface area contributed by atoms with Crippen LogP contribution >= 0.6 is 15.9 Å². The summed E-state index contributed by atoms with van der Waals surface area (Å²) < 4.78 is 6.15. The number of ether oxygens (including phenoxy) is 1. The molecule has 4 unspecified atom stereocenters. The Morgan fingerprint density at radius 2 is 2.25 bits per heavy atom. The first-order valence-electron chi connectivity index (χ1n) is 8.26. The molecule has 1 heterocycles. The lowest BCUT2D eigenvalue weighted by molar-refractivity contribution is -0.151. The average Bonchev–Trinajstić information content (AvgIpc) is 2.90. The number of hydrogen-bond donors (Lipinski definition) is 1. The molecule has 5 nitrogen and oxygen atoms in total. The van der Waals surface area contributed by atoms with Gasteiger partial charge in [-0.15, -0.1) is 0 Å². The van der Waals surface area contributed by atoms with Crippen molar-refractivity contribution in [1.82, 2.24) is 4.90 Å². The highest BCUT2D eigenvalue weighted by Gasteiger charge is 2.61. The zero-order valence-corrected chi connectivity index (χ0v) is 15.1. The maximum Gasteiger partial charge on any atom is 0.313 e. The number of fused-ring (bicyclic) bond motifs is 3. The number of aliphatic carboxylic acids is 1. The number of hydrogen-bond acceptors (Lipinski definition) is 3. The minimum absolute atomic E-state index is 0.0268. The molecule has 0 spiro atoms. The molecule has 2 fully saturated rings. The molecule has 0 aromatic heterocycles. The first-order chi connectivity index (χ1) is 11.5. The number of carboxylic acids is 1. The van der Waals surface area contributed by atoms with Crippen LogP contribution in [0.4, 0.5) is 0 Å². The standard InChI is InChI=1S/C18H20BrNO4/c1-24-9-18(17(22)23)4-5-20(8-18)16(21)15-13-6-10-2-3-11(19)7-12(10)14(13)15/h2-3,7,13-15H,4-6,8-9H2,1H3,(H,22,23). The molecule has 4 atom stereocenters. The highest BCUT2D eigenvalue weighted by molar-refractivity contribution is 9.10. The maximum atomic E-state index is 12.9. The maximum absolute atomic E-state index is 12.9. The molecule has 24 heavy (non-hydrogen) atoms. The van der Waals surface area contributed by atoms with E-state index in [1.165, 1.54) is 18.2 Å². The fraction of sp³-hybridized carbons (Fsp3) is 0.556. The van der Waals surface area contributed by atoms with Crippen LogP contribution < -0.4 is 0 Å². The molecule has 3 aliphatic rings. The number of amides is 1. The first kappa shape index (κ1) is 16.1. The number of methoxy groups -OCH3 is 1. The summed E-state index contributed by atoms with van der Waals surface area (Å²) in [6.07, 6.45) is 1.42. The molecule has 1 saturated carbocycles. The van der Waals surface area contributed by atoms with Gasteiger partial charge in [0, 0.05) is 30.6 Å². The van der Waals surface area contributed by atoms with Gasteiger partial charge >= 0.3 is 5.97 Å². The summed E-state index contributed by atoms with van der Waals surface area (Å²) in [6.45, 7) is 0.922. The van der Waals surface area contributed by atoms with Crippen molar-refractivity contribution in [2.45, 2.75) is 18.8 Å². The molecular weight excluding hydrogens is 374 g/mol. The second-order valence-electron chi connectivity index (χ2n) is 7.29. The van der Waals surface area contributed by atoms with E-state index in [-0.39, 0.29) is 25.0 Å². The van der Waals surface area contributed by atoms with Crippen LogP contribution in [0.3, 0.4) is 0 Å². The number of nitrogens with zero attached hydrogens (tertiary/aromatic N) is 1.